The van der Waals surface area contributed by atoms with E-state index in [4.69, 9.17) is 7.80 Å². The molecule has 3 nitrogen and oxygen atoms in total. The molecule has 0 amide bonds. The summed E-state index contributed by atoms with van der Waals surface area (Å²) in [7, 11) is 0. The largest absolute Gasteiger partial charge is 0.488 e. The van der Waals surface area contributed by atoms with Crippen LogP contribution in [0.15, 0.2) is 23.6 Å². The molecule has 0 unspecified atom stereocenters. The van der Waals surface area contributed by atoms with Gasteiger partial charge in [-0.25, -0.2) is 0 Å². The maximum atomic E-state index is 11.0. The molecule has 0 N–H and O–H groups in total. The Bertz CT molecular complexity index is 591. The van der Waals surface area contributed by atoms with Crippen LogP contribution in [0.3, 0.4) is 0 Å². The fourth-order valence-electron chi connectivity index (χ4n) is 1.87. The molecule has 0 saturated carbocycles. The van der Waals surface area contributed by atoms with Gasteiger partial charge in [-0.1, -0.05) is 0 Å². The summed E-state index contributed by atoms with van der Waals surface area (Å²) in [6.07, 6.45) is 0.802. The predicted octanol–water partition coefficient (Wildman–Crippen LogP) is 3.85. The average molecular weight is 358 g/mol. The number of aldehydes is 1. The summed E-state index contributed by atoms with van der Waals surface area (Å²) in [5, 5.41) is 2.03. The number of halogens is 1. The van der Waals surface area contributed by atoms with Crippen molar-refractivity contribution in [3.63, 3.8) is 0 Å². The second-order valence-electron chi connectivity index (χ2n) is 3.64. The lowest BCUT2D eigenvalue weighted by atomic mass is 10.0. The van der Waals surface area contributed by atoms with Gasteiger partial charge < -0.3 is 7.80 Å². The Morgan fingerprint density at radius 2 is 2.35 bits per heavy atom. The van der Waals surface area contributed by atoms with Crippen molar-refractivity contribution in [1.82, 2.24) is 0 Å². The van der Waals surface area contributed by atoms with Crippen molar-refractivity contribution in [3.8, 4) is 21.9 Å². The van der Waals surface area contributed by atoms with E-state index in [-0.39, 0.29) is 0 Å². The van der Waals surface area contributed by atoms with Crippen LogP contribution in [-0.4, -0.2) is 6.29 Å². The first-order valence-electron chi connectivity index (χ1n) is 4.95. The van der Waals surface area contributed by atoms with E-state index in [9.17, 15) is 4.79 Å². The zero-order valence-electron chi connectivity index (χ0n) is 8.60. The Labute approximate surface area is 116 Å². The Morgan fingerprint density at radius 1 is 1.47 bits per heavy atom. The van der Waals surface area contributed by atoms with Gasteiger partial charge in [0.05, 0.1) is 5.56 Å². The minimum atomic E-state index is 0.541. The number of fused-ring (bicyclic) bond motifs is 3. The standard InChI is InChI=1S/C12H7IO3S/c13-16-10-4-11-9(3-8(10)5-14)12-7(6-15-11)1-2-17-12/h1-5H,6H2. The van der Waals surface area contributed by atoms with E-state index in [0.29, 0.717) is 17.9 Å². The Kier molecular flexibility index (Phi) is 2.79. The normalized spacial score (nSPS) is 12.3. The number of ether oxygens (including phenoxy) is 1. The predicted molar refractivity (Wildman–Crippen MR) is 74.1 cm³/mol. The Morgan fingerprint density at radius 3 is 3.12 bits per heavy atom. The summed E-state index contributed by atoms with van der Waals surface area (Å²) in [4.78, 5) is 12.2. The highest BCUT2D eigenvalue weighted by Crippen LogP contribution is 2.43. The summed E-state index contributed by atoms with van der Waals surface area (Å²) < 4.78 is 10.8. The number of carbonyl (C=O) groups excluding carboxylic acids is 1. The minimum absolute atomic E-state index is 0.541. The van der Waals surface area contributed by atoms with Crippen molar-refractivity contribution in [2.45, 2.75) is 6.61 Å². The third-order valence-corrected chi connectivity index (χ3v) is 4.16. The molecule has 2 heterocycles. The van der Waals surface area contributed by atoms with Gasteiger partial charge in [-0.05, 0) is 17.5 Å². The molecule has 0 radical (unpaired) electrons. The molecular weight excluding hydrogens is 351 g/mol. The van der Waals surface area contributed by atoms with Gasteiger partial charge in [0.1, 0.15) is 18.1 Å². The van der Waals surface area contributed by atoms with Gasteiger partial charge in [0.15, 0.2) is 29.3 Å². The van der Waals surface area contributed by atoms with Crippen LogP contribution >= 0.6 is 34.3 Å². The zero-order chi connectivity index (χ0) is 11.8. The van der Waals surface area contributed by atoms with E-state index in [2.05, 4.69) is 0 Å². The molecule has 0 saturated heterocycles. The first-order chi connectivity index (χ1) is 8.33. The summed E-state index contributed by atoms with van der Waals surface area (Å²) in [5.41, 5.74) is 2.69. The van der Waals surface area contributed by atoms with E-state index in [1.165, 1.54) is 10.4 Å². The van der Waals surface area contributed by atoms with Gasteiger partial charge in [-0.3, -0.25) is 4.79 Å². The SMILES string of the molecule is O=Cc1cc2c(cc1OI)OCc1ccsc1-2. The fraction of sp³-hybridized carbons (Fsp3) is 0.0833. The average Bonchev–Trinajstić information content (AvgIpc) is 2.85. The molecule has 5 heteroatoms. The number of hydrogen-bond acceptors (Lipinski definition) is 4. The molecule has 0 fully saturated rings. The van der Waals surface area contributed by atoms with Crippen molar-refractivity contribution in [1.29, 1.82) is 0 Å². The molecule has 2 aromatic rings. The Hall–Kier alpha value is -1.08. The third kappa shape index (κ3) is 1.73. The maximum absolute atomic E-state index is 11.0. The first kappa shape index (κ1) is 11.0. The maximum Gasteiger partial charge on any atom is 0.192 e. The molecule has 3 rings (SSSR count). The number of carbonyl (C=O) groups is 1. The molecule has 86 valence electrons. The lowest BCUT2D eigenvalue weighted by Gasteiger charge is -2.18. The third-order valence-electron chi connectivity index (χ3n) is 2.70. The van der Waals surface area contributed by atoms with Crippen LogP contribution in [0.1, 0.15) is 15.9 Å². The molecular formula is C12H7IO3S. The van der Waals surface area contributed by atoms with Gasteiger partial charge >= 0.3 is 0 Å². The highest BCUT2D eigenvalue weighted by atomic mass is 127. The summed E-state index contributed by atoms with van der Waals surface area (Å²) >= 11 is 3.43. The first-order valence-corrected chi connectivity index (χ1v) is 6.71. The van der Waals surface area contributed by atoms with Crippen molar-refractivity contribution in [2.75, 3.05) is 0 Å². The molecule has 0 aliphatic carbocycles. The topological polar surface area (TPSA) is 35.5 Å². The molecule has 0 bridgehead atoms. The number of benzene rings is 1. The van der Waals surface area contributed by atoms with Crippen molar-refractivity contribution < 1.29 is 12.6 Å². The second kappa shape index (κ2) is 4.30. The smallest absolute Gasteiger partial charge is 0.192 e. The van der Waals surface area contributed by atoms with Crippen LogP contribution in [0.5, 0.6) is 11.5 Å². The highest BCUT2D eigenvalue weighted by Gasteiger charge is 2.21. The van der Waals surface area contributed by atoms with E-state index in [0.717, 1.165) is 17.6 Å². The van der Waals surface area contributed by atoms with Gasteiger partial charge in [-0.15, -0.1) is 11.3 Å². The quantitative estimate of drug-likeness (QED) is 0.604. The molecule has 1 aliphatic heterocycles. The molecule has 0 atom stereocenters. The second-order valence-corrected chi connectivity index (χ2v) is 5.00. The summed E-state index contributed by atoms with van der Waals surface area (Å²) in [6, 6.07) is 5.64. The van der Waals surface area contributed by atoms with Crippen molar-refractivity contribution in [3.05, 3.63) is 34.7 Å². The van der Waals surface area contributed by atoms with E-state index in [1.54, 1.807) is 40.4 Å². The van der Waals surface area contributed by atoms with Crippen LogP contribution in [0, 0.1) is 0 Å². The lowest BCUT2D eigenvalue weighted by Crippen LogP contribution is -2.03. The number of rotatable bonds is 2. The molecule has 1 aromatic carbocycles. The molecule has 1 aromatic heterocycles. The number of hydrogen-bond donors (Lipinski definition) is 0. The van der Waals surface area contributed by atoms with Crippen LogP contribution < -0.4 is 7.80 Å². The Balaban J connectivity index is 2.24. The zero-order valence-corrected chi connectivity index (χ0v) is 11.6. The van der Waals surface area contributed by atoms with Crippen LogP contribution in [-0.2, 0) is 6.61 Å². The van der Waals surface area contributed by atoms with Gasteiger partial charge in [0, 0.05) is 22.1 Å². The van der Waals surface area contributed by atoms with E-state index >= 15 is 0 Å². The summed E-state index contributed by atoms with van der Waals surface area (Å²) in [6.45, 7) is 0.576. The monoisotopic (exact) mass is 358 g/mol. The summed E-state index contributed by atoms with van der Waals surface area (Å²) in [5.74, 6) is 1.32. The highest BCUT2D eigenvalue weighted by molar-refractivity contribution is 14.1. The van der Waals surface area contributed by atoms with Crippen molar-refractivity contribution in [2.24, 2.45) is 0 Å². The van der Waals surface area contributed by atoms with E-state index in [1.807, 2.05) is 17.5 Å². The minimum Gasteiger partial charge on any atom is -0.488 e. The lowest BCUT2D eigenvalue weighted by molar-refractivity contribution is 0.112. The van der Waals surface area contributed by atoms with Crippen LogP contribution in [0.25, 0.3) is 10.4 Å². The fourth-order valence-corrected chi connectivity index (χ4v) is 3.19. The van der Waals surface area contributed by atoms with Crippen LogP contribution in [0.4, 0.5) is 0 Å². The molecule has 0 spiro atoms. The van der Waals surface area contributed by atoms with Gasteiger partial charge in [-0.2, -0.15) is 0 Å². The molecule has 17 heavy (non-hydrogen) atoms. The van der Waals surface area contributed by atoms with Gasteiger partial charge in [0.2, 0.25) is 0 Å². The van der Waals surface area contributed by atoms with Crippen LogP contribution in [0.2, 0.25) is 0 Å². The number of thiophene rings is 1. The van der Waals surface area contributed by atoms with Crippen molar-refractivity contribution >= 4 is 40.6 Å². The van der Waals surface area contributed by atoms with Gasteiger partial charge in [0.25, 0.3) is 0 Å². The van der Waals surface area contributed by atoms with E-state index < -0.39 is 0 Å². The molecule has 1 aliphatic rings.